The van der Waals surface area contributed by atoms with Gasteiger partial charge in [0.15, 0.2) is 0 Å². The van der Waals surface area contributed by atoms with Crippen molar-refractivity contribution in [1.82, 2.24) is 9.78 Å². The highest BCUT2D eigenvalue weighted by Gasteiger charge is 2.26. The predicted octanol–water partition coefficient (Wildman–Crippen LogP) is 3.31. The zero-order valence-corrected chi connectivity index (χ0v) is 11.9. The zero-order chi connectivity index (χ0) is 13.0. The lowest BCUT2D eigenvalue weighted by Crippen LogP contribution is -2.31. The summed E-state index contributed by atoms with van der Waals surface area (Å²) in [6.45, 7) is 5.24. The summed E-state index contributed by atoms with van der Waals surface area (Å²) < 4.78 is 2.19. The Bertz CT molecular complexity index is 351. The van der Waals surface area contributed by atoms with Crippen LogP contribution in [0.3, 0.4) is 0 Å². The molecule has 0 aliphatic heterocycles. The lowest BCUT2D eigenvalue weighted by atomic mass is 9.78. The minimum absolute atomic E-state index is 0.245. The molecule has 102 valence electrons. The summed E-state index contributed by atoms with van der Waals surface area (Å²) in [4.78, 5) is 0. The van der Waals surface area contributed by atoms with Gasteiger partial charge in [0.2, 0.25) is 0 Å². The molecule has 3 nitrogen and oxygen atoms in total. The topological polar surface area (TPSA) is 43.8 Å². The molecule has 2 N–H and O–H groups in total. The highest BCUT2D eigenvalue weighted by molar-refractivity contribution is 5.04. The van der Waals surface area contributed by atoms with Gasteiger partial charge in [0.25, 0.3) is 0 Å². The molecule has 1 heterocycles. The van der Waals surface area contributed by atoms with Crippen LogP contribution in [0.1, 0.15) is 64.1 Å². The molecule has 0 atom stereocenters. The molecule has 0 unspecified atom stereocenters. The molecule has 0 amide bonds. The average molecular weight is 249 g/mol. The first-order chi connectivity index (χ1) is 8.73. The van der Waals surface area contributed by atoms with E-state index in [0.717, 1.165) is 25.8 Å². The third kappa shape index (κ3) is 2.77. The van der Waals surface area contributed by atoms with Gasteiger partial charge in [-0.15, -0.1) is 0 Å². The van der Waals surface area contributed by atoms with Crippen molar-refractivity contribution >= 4 is 0 Å². The van der Waals surface area contributed by atoms with E-state index in [1.165, 1.54) is 31.4 Å². The van der Waals surface area contributed by atoms with Crippen molar-refractivity contribution in [2.45, 2.75) is 64.8 Å². The first-order valence-electron chi connectivity index (χ1n) is 7.47. The second kappa shape index (κ2) is 5.87. The average Bonchev–Trinajstić information content (AvgIpc) is 3.07. The summed E-state index contributed by atoms with van der Waals surface area (Å²) in [6, 6.07) is 2.84. The molecule has 3 heteroatoms. The van der Waals surface area contributed by atoms with E-state index in [4.69, 9.17) is 10.8 Å². The van der Waals surface area contributed by atoms with Gasteiger partial charge in [-0.1, -0.05) is 26.7 Å². The molecule has 1 aromatic rings. The highest BCUT2D eigenvalue weighted by Crippen LogP contribution is 2.31. The minimum atomic E-state index is 0.245. The molecule has 0 aromatic carbocycles. The van der Waals surface area contributed by atoms with Gasteiger partial charge in [0, 0.05) is 6.20 Å². The minimum Gasteiger partial charge on any atom is -0.330 e. The van der Waals surface area contributed by atoms with Gasteiger partial charge < -0.3 is 5.73 Å². The van der Waals surface area contributed by atoms with Crippen LogP contribution in [0.5, 0.6) is 0 Å². The molecule has 1 aliphatic rings. The van der Waals surface area contributed by atoms with Crippen LogP contribution in [0.15, 0.2) is 12.3 Å². The van der Waals surface area contributed by atoms with Crippen molar-refractivity contribution in [3.8, 4) is 0 Å². The Hall–Kier alpha value is -0.830. The lowest BCUT2D eigenvalue weighted by Gasteiger charge is -2.29. The number of nitrogens with zero attached hydrogens (tertiary/aromatic N) is 2. The summed E-state index contributed by atoms with van der Waals surface area (Å²) in [5.41, 5.74) is 7.43. The van der Waals surface area contributed by atoms with E-state index in [-0.39, 0.29) is 5.41 Å². The Balaban J connectivity index is 2.05. The fourth-order valence-electron chi connectivity index (χ4n) is 3.09. The van der Waals surface area contributed by atoms with Crippen LogP contribution in [0.25, 0.3) is 0 Å². The Kier molecular flexibility index (Phi) is 4.44. The van der Waals surface area contributed by atoms with Crippen molar-refractivity contribution in [2.24, 2.45) is 11.1 Å². The molecule has 0 bridgehead atoms. The van der Waals surface area contributed by atoms with E-state index in [0.29, 0.717) is 6.04 Å². The maximum absolute atomic E-state index is 5.97. The van der Waals surface area contributed by atoms with E-state index in [2.05, 4.69) is 30.8 Å². The molecule has 0 radical (unpaired) electrons. The first kappa shape index (κ1) is 13.6. The van der Waals surface area contributed by atoms with E-state index >= 15 is 0 Å². The van der Waals surface area contributed by atoms with Crippen LogP contribution in [-0.4, -0.2) is 16.3 Å². The fraction of sp³-hybridized carbons (Fsp3) is 0.800. The van der Waals surface area contributed by atoms with Crippen molar-refractivity contribution in [1.29, 1.82) is 0 Å². The molecular weight excluding hydrogens is 222 g/mol. The van der Waals surface area contributed by atoms with Crippen LogP contribution in [0, 0.1) is 5.41 Å². The van der Waals surface area contributed by atoms with E-state index in [1.807, 2.05) is 0 Å². The second-order valence-electron chi connectivity index (χ2n) is 5.81. The SMILES string of the molecule is CCC(CC)(CN)Cc1ccn(C2CCCC2)n1. The monoisotopic (exact) mass is 249 g/mol. The number of hydrogen-bond acceptors (Lipinski definition) is 2. The number of aromatic nitrogens is 2. The maximum Gasteiger partial charge on any atom is 0.0630 e. The van der Waals surface area contributed by atoms with Gasteiger partial charge in [-0.2, -0.15) is 5.10 Å². The number of rotatable bonds is 6. The Labute approximate surface area is 111 Å². The van der Waals surface area contributed by atoms with Crippen LogP contribution < -0.4 is 5.73 Å². The molecule has 1 aromatic heterocycles. The number of nitrogens with two attached hydrogens (primary N) is 1. The molecule has 0 saturated heterocycles. The Morgan fingerprint density at radius 3 is 2.56 bits per heavy atom. The normalized spacial score (nSPS) is 17.5. The summed E-state index contributed by atoms with van der Waals surface area (Å²) in [6.07, 6.45) is 10.8. The van der Waals surface area contributed by atoms with E-state index in [1.54, 1.807) is 0 Å². The Morgan fingerprint density at radius 2 is 2.00 bits per heavy atom. The molecule has 1 aliphatic carbocycles. The summed E-state index contributed by atoms with van der Waals surface area (Å²) >= 11 is 0. The maximum atomic E-state index is 5.97. The van der Waals surface area contributed by atoms with Crippen LogP contribution >= 0.6 is 0 Å². The summed E-state index contributed by atoms with van der Waals surface area (Å²) in [7, 11) is 0. The predicted molar refractivity (Wildman–Crippen MR) is 75.5 cm³/mol. The molecule has 0 spiro atoms. The smallest absolute Gasteiger partial charge is 0.0630 e. The quantitative estimate of drug-likeness (QED) is 0.840. The van der Waals surface area contributed by atoms with Crippen molar-refractivity contribution in [3.63, 3.8) is 0 Å². The van der Waals surface area contributed by atoms with Crippen LogP contribution in [0.4, 0.5) is 0 Å². The van der Waals surface area contributed by atoms with Gasteiger partial charge >= 0.3 is 0 Å². The van der Waals surface area contributed by atoms with Gasteiger partial charge in [0.05, 0.1) is 11.7 Å². The largest absolute Gasteiger partial charge is 0.330 e. The highest BCUT2D eigenvalue weighted by atomic mass is 15.3. The van der Waals surface area contributed by atoms with Gasteiger partial charge in [-0.05, 0) is 50.1 Å². The molecule has 1 fully saturated rings. The van der Waals surface area contributed by atoms with Crippen LogP contribution in [-0.2, 0) is 6.42 Å². The standard InChI is InChI=1S/C15H27N3/c1-3-15(4-2,12-16)11-13-9-10-18(17-13)14-7-5-6-8-14/h9-10,14H,3-8,11-12,16H2,1-2H3. The van der Waals surface area contributed by atoms with Gasteiger partial charge in [-0.3, -0.25) is 4.68 Å². The molecular formula is C15H27N3. The second-order valence-corrected chi connectivity index (χ2v) is 5.81. The summed E-state index contributed by atoms with van der Waals surface area (Å²) in [5.74, 6) is 0. The number of hydrogen-bond donors (Lipinski definition) is 1. The third-order valence-electron chi connectivity index (χ3n) is 4.85. The summed E-state index contributed by atoms with van der Waals surface area (Å²) in [5, 5.41) is 4.78. The Morgan fingerprint density at radius 1 is 1.33 bits per heavy atom. The lowest BCUT2D eigenvalue weighted by molar-refractivity contribution is 0.267. The van der Waals surface area contributed by atoms with Crippen LogP contribution in [0.2, 0.25) is 0 Å². The fourth-order valence-corrected chi connectivity index (χ4v) is 3.09. The molecule has 1 saturated carbocycles. The van der Waals surface area contributed by atoms with Gasteiger partial charge in [0.1, 0.15) is 0 Å². The van der Waals surface area contributed by atoms with E-state index in [9.17, 15) is 0 Å². The third-order valence-corrected chi connectivity index (χ3v) is 4.85. The van der Waals surface area contributed by atoms with Gasteiger partial charge in [-0.25, -0.2) is 0 Å². The first-order valence-corrected chi connectivity index (χ1v) is 7.47. The molecule has 2 rings (SSSR count). The zero-order valence-electron chi connectivity index (χ0n) is 11.9. The van der Waals surface area contributed by atoms with Crippen molar-refractivity contribution < 1.29 is 0 Å². The van der Waals surface area contributed by atoms with Crippen molar-refractivity contribution in [3.05, 3.63) is 18.0 Å². The van der Waals surface area contributed by atoms with E-state index < -0.39 is 0 Å². The van der Waals surface area contributed by atoms with Crippen molar-refractivity contribution in [2.75, 3.05) is 6.54 Å². The molecule has 18 heavy (non-hydrogen) atoms.